The van der Waals surface area contributed by atoms with Crippen LogP contribution in [0.4, 0.5) is 0 Å². The number of rotatable bonds is 3. The van der Waals surface area contributed by atoms with E-state index in [2.05, 4.69) is 44.1 Å². The number of quaternary nitrogens is 1. The first-order valence-corrected chi connectivity index (χ1v) is 8.51. The van der Waals surface area contributed by atoms with E-state index < -0.39 is 0 Å². The first-order chi connectivity index (χ1) is 10.5. The van der Waals surface area contributed by atoms with Gasteiger partial charge in [-0.3, -0.25) is 4.57 Å². The first kappa shape index (κ1) is 15.4. The molecule has 4 nitrogen and oxygen atoms in total. The van der Waals surface area contributed by atoms with Crippen LogP contribution in [0.3, 0.4) is 0 Å². The fourth-order valence-corrected chi connectivity index (χ4v) is 3.39. The van der Waals surface area contributed by atoms with Gasteiger partial charge in [0.25, 0.3) is 0 Å². The summed E-state index contributed by atoms with van der Waals surface area (Å²) in [5.41, 5.74) is 3.60. The van der Waals surface area contributed by atoms with Crippen molar-refractivity contribution >= 4 is 12.2 Å². The minimum atomic E-state index is 0.792. The molecule has 0 atom stereocenters. The van der Waals surface area contributed by atoms with Crippen molar-refractivity contribution in [3.8, 4) is 5.69 Å². The molecule has 1 aliphatic heterocycles. The summed E-state index contributed by atoms with van der Waals surface area (Å²) >= 11 is 5.65. The molecule has 118 valence electrons. The summed E-state index contributed by atoms with van der Waals surface area (Å²) in [5.74, 6) is 0.865. The van der Waals surface area contributed by atoms with Gasteiger partial charge in [0, 0.05) is 0 Å². The standard InChI is InChI=1S/C17H24N4S/c1-13-6-8-19(9-7-13)12-21-17(22)20(11-18-21)16-10-14(2)4-5-15(16)3/h4-5,10-11,13H,6-9,12H2,1-3H3/p+1. The average Bonchev–Trinajstić information content (AvgIpc) is 2.85. The summed E-state index contributed by atoms with van der Waals surface area (Å²) in [6, 6.07) is 6.44. The van der Waals surface area contributed by atoms with Crippen molar-refractivity contribution in [2.24, 2.45) is 5.92 Å². The van der Waals surface area contributed by atoms with Crippen LogP contribution >= 0.6 is 12.2 Å². The van der Waals surface area contributed by atoms with Gasteiger partial charge in [-0.15, -0.1) is 0 Å². The molecule has 0 amide bonds. The van der Waals surface area contributed by atoms with Gasteiger partial charge in [-0.05, 0) is 62.0 Å². The Bertz CT molecular complexity index is 708. The zero-order chi connectivity index (χ0) is 15.7. The van der Waals surface area contributed by atoms with E-state index in [9.17, 15) is 0 Å². The maximum absolute atomic E-state index is 5.65. The minimum Gasteiger partial charge on any atom is -0.316 e. The van der Waals surface area contributed by atoms with Crippen molar-refractivity contribution in [3.05, 3.63) is 40.4 Å². The fraction of sp³-hybridized carbons (Fsp3) is 0.529. The molecule has 0 spiro atoms. The number of benzene rings is 1. The smallest absolute Gasteiger partial charge is 0.207 e. The van der Waals surface area contributed by atoms with Crippen LogP contribution in [0, 0.1) is 24.5 Å². The third kappa shape index (κ3) is 3.15. The van der Waals surface area contributed by atoms with Gasteiger partial charge in [0.2, 0.25) is 4.77 Å². The topological polar surface area (TPSA) is 27.2 Å². The van der Waals surface area contributed by atoms with E-state index in [0.717, 1.165) is 23.0 Å². The van der Waals surface area contributed by atoms with Crippen LogP contribution in [-0.4, -0.2) is 27.4 Å². The second-order valence-electron chi connectivity index (χ2n) is 6.66. The molecule has 0 unspecified atom stereocenters. The van der Waals surface area contributed by atoms with E-state index in [1.54, 1.807) is 4.90 Å². The van der Waals surface area contributed by atoms with Crippen LogP contribution in [0.2, 0.25) is 0 Å². The van der Waals surface area contributed by atoms with E-state index in [0.29, 0.717) is 0 Å². The van der Waals surface area contributed by atoms with Gasteiger partial charge in [-0.1, -0.05) is 19.1 Å². The van der Waals surface area contributed by atoms with Gasteiger partial charge in [0.05, 0.1) is 18.8 Å². The number of hydrogen-bond donors (Lipinski definition) is 1. The molecule has 1 aromatic carbocycles. The van der Waals surface area contributed by atoms with E-state index in [1.807, 2.05) is 15.6 Å². The molecule has 1 aliphatic rings. The quantitative estimate of drug-likeness (QED) is 0.880. The number of piperidine rings is 1. The lowest BCUT2D eigenvalue weighted by molar-refractivity contribution is -0.929. The molecule has 1 saturated heterocycles. The van der Waals surface area contributed by atoms with Crippen LogP contribution in [-0.2, 0) is 6.67 Å². The first-order valence-electron chi connectivity index (χ1n) is 8.10. The Morgan fingerprint density at radius 1 is 1.27 bits per heavy atom. The molecule has 0 bridgehead atoms. The zero-order valence-corrected chi connectivity index (χ0v) is 14.5. The summed E-state index contributed by atoms with van der Waals surface area (Å²) in [5, 5.41) is 4.53. The van der Waals surface area contributed by atoms with Crippen LogP contribution < -0.4 is 4.90 Å². The highest BCUT2D eigenvalue weighted by molar-refractivity contribution is 7.71. The molecule has 1 N–H and O–H groups in total. The van der Waals surface area contributed by atoms with E-state index >= 15 is 0 Å². The van der Waals surface area contributed by atoms with Crippen molar-refractivity contribution in [2.75, 3.05) is 13.1 Å². The van der Waals surface area contributed by atoms with Gasteiger partial charge in [-0.25, -0.2) is 0 Å². The van der Waals surface area contributed by atoms with E-state index in [4.69, 9.17) is 12.2 Å². The van der Waals surface area contributed by atoms with Crippen molar-refractivity contribution in [3.63, 3.8) is 0 Å². The Balaban J connectivity index is 1.83. The van der Waals surface area contributed by atoms with E-state index in [1.165, 1.54) is 37.1 Å². The summed E-state index contributed by atoms with van der Waals surface area (Å²) in [4.78, 5) is 1.58. The molecular formula is C17H25N4S+. The van der Waals surface area contributed by atoms with Gasteiger partial charge in [0.1, 0.15) is 6.33 Å². The second-order valence-corrected chi connectivity index (χ2v) is 7.03. The van der Waals surface area contributed by atoms with Gasteiger partial charge in [0.15, 0.2) is 6.67 Å². The highest BCUT2D eigenvalue weighted by atomic mass is 32.1. The largest absolute Gasteiger partial charge is 0.316 e. The number of likely N-dealkylation sites (tertiary alicyclic amines) is 1. The number of nitrogens with one attached hydrogen (secondary N) is 1. The summed E-state index contributed by atoms with van der Waals surface area (Å²) in [6.07, 6.45) is 4.47. The van der Waals surface area contributed by atoms with Gasteiger partial charge >= 0.3 is 0 Å². The Kier molecular flexibility index (Phi) is 4.45. The highest BCUT2D eigenvalue weighted by Gasteiger charge is 2.20. The summed E-state index contributed by atoms with van der Waals surface area (Å²) in [6.45, 7) is 9.89. The number of aromatic nitrogens is 3. The number of hydrogen-bond acceptors (Lipinski definition) is 2. The normalized spacial score (nSPS) is 22.0. The molecule has 0 radical (unpaired) electrons. The third-order valence-corrected chi connectivity index (χ3v) is 5.12. The van der Waals surface area contributed by atoms with E-state index in [-0.39, 0.29) is 0 Å². The minimum absolute atomic E-state index is 0.792. The van der Waals surface area contributed by atoms with Crippen LogP contribution in [0.25, 0.3) is 5.69 Å². The van der Waals surface area contributed by atoms with Crippen molar-refractivity contribution in [2.45, 2.75) is 40.3 Å². The zero-order valence-electron chi connectivity index (χ0n) is 13.7. The molecule has 1 aromatic heterocycles. The van der Waals surface area contributed by atoms with Crippen LogP contribution in [0.15, 0.2) is 24.5 Å². The lowest BCUT2D eigenvalue weighted by Gasteiger charge is -2.26. The maximum Gasteiger partial charge on any atom is 0.207 e. The predicted octanol–water partition coefficient (Wildman–Crippen LogP) is 2.29. The number of aryl methyl sites for hydroxylation is 2. The molecule has 0 saturated carbocycles. The molecule has 1 fully saturated rings. The van der Waals surface area contributed by atoms with Crippen molar-refractivity contribution < 1.29 is 4.90 Å². The van der Waals surface area contributed by atoms with Crippen LogP contribution in [0.1, 0.15) is 30.9 Å². The lowest BCUT2D eigenvalue weighted by Crippen LogP contribution is -3.12. The molecule has 0 aliphatic carbocycles. The Morgan fingerprint density at radius 2 is 2.00 bits per heavy atom. The van der Waals surface area contributed by atoms with Crippen molar-refractivity contribution in [1.29, 1.82) is 0 Å². The SMILES string of the molecule is Cc1ccc(C)c(-n2cnn(C[NH+]3CCC(C)CC3)c2=S)c1. The molecule has 2 aromatic rings. The van der Waals surface area contributed by atoms with Crippen molar-refractivity contribution in [1.82, 2.24) is 14.3 Å². The monoisotopic (exact) mass is 317 g/mol. The highest BCUT2D eigenvalue weighted by Crippen LogP contribution is 2.16. The number of nitrogens with zero attached hydrogens (tertiary/aromatic N) is 3. The molecular weight excluding hydrogens is 292 g/mol. The summed E-state index contributed by atoms with van der Waals surface area (Å²) < 4.78 is 4.80. The Labute approximate surface area is 137 Å². The fourth-order valence-electron chi connectivity index (χ4n) is 3.13. The summed E-state index contributed by atoms with van der Waals surface area (Å²) in [7, 11) is 0. The van der Waals surface area contributed by atoms with Crippen LogP contribution in [0.5, 0.6) is 0 Å². The Morgan fingerprint density at radius 3 is 2.73 bits per heavy atom. The maximum atomic E-state index is 5.65. The molecule has 22 heavy (non-hydrogen) atoms. The second kappa shape index (κ2) is 6.34. The molecule has 2 heterocycles. The third-order valence-electron chi connectivity index (χ3n) is 4.71. The molecule has 3 rings (SSSR count). The van der Waals surface area contributed by atoms with Gasteiger partial charge in [-0.2, -0.15) is 9.78 Å². The predicted molar refractivity (Wildman–Crippen MR) is 91.0 cm³/mol. The van der Waals surface area contributed by atoms with Gasteiger partial charge < -0.3 is 4.90 Å². The Hall–Kier alpha value is -1.46. The lowest BCUT2D eigenvalue weighted by atomic mass is 10.00. The average molecular weight is 317 g/mol. The molecule has 5 heteroatoms.